The Morgan fingerprint density at radius 3 is 2.75 bits per heavy atom. The first-order chi connectivity index (χ1) is 5.65. The summed E-state index contributed by atoms with van der Waals surface area (Å²) in [5.74, 6) is 0.199. The summed E-state index contributed by atoms with van der Waals surface area (Å²) >= 11 is 3.18. The van der Waals surface area contributed by atoms with Gasteiger partial charge in [-0.25, -0.2) is 0 Å². The highest BCUT2D eigenvalue weighted by Crippen LogP contribution is 2.26. The Balaban J connectivity index is 3.04. The molecule has 0 heterocycles. The fraction of sp³-hybridized carbons (Fsp3) is 0.111. The van der Waals surface area contributed by atoms with Crippen molar-refractivity contribution < 1.29 is 5.11 Å². The van der Waals surface area contributed by atoms with E-state index < -0.39 is 0 Å². The first kappa shape index (κ1) is 9.29. The van der Waals surface area contributed by atoms with Crippen molar-refractivity contribution in [1.29, 1.82) is 0 Å². The number of phenols is 1. The lowest BCUT2D eigenvalue weighted by molar-refractivity contribution is 0.471. The van der Waals surface area contributed by atoms with Gasteiger partial charge in [0.05, 0.1) is 4.47 Å². The number of hydrogen-bond acceptors (Lipinski definition) is 2. The van der Waals surface area contributed by atoms with Crippen molar-refractivity contribution in [2.75, 3.05) is 0 Å². The second kappa shape index (κ2) is 3.74. The number of rotatable bonds is 2. The molecule has 0 aromatic heterocycles. The normalized spacial score (nSPS) is 12.5. The fourth-order valence-corrected chi connectivity index (χ4v) is 1.12. The van der Waals surface area contributed by atoms with E-state index in [9.17, 15) is 5.11 Å². The number of benzene rings is 1. The summed E-state index contributed by atoms with van der Waals surface area (Å²) in [5.41, 5.74) is 6.52. The second-order valence-electron chi connectivity index (χ2n) is 2.47. The molecule has 64 valence electrons. The summed E-state index contributed by atoms with van der Waals surface area (Å²) in [5, 5.41) is 9.31. The molecule has 1 atom stereocenters. The van der Waals surface area contributed by atoms with Gasteiger partial charge in [0.15, 0.2) is 0 Å². The van der Waals surface area contributed by atoms with E-state index in [1.165, 1.54) is 0 Å². The van der Waals surface area contributed by atoms with Gasteiger partial charge in [0, 0.05) is 6.04 Å². The molecular weight excluding hydrogens is 218 g/mol. The topological polar surface area (TPSA) is 46.2 Å². The Bertz CT molecular complexity index is 299. The molecule has 1 aromatic carbocycles. The molecule has 0 aliphatic rings. The van der Waals surface area contributed by atoms with Gasteiger partial charge in [0.2, 0.25) is 0 Å². The van der Waals surface area contributed by atoms with Gasteiger partial charge in [0.1, 0.15) is 5.75 Å². The zero-order valence-electron chi connectivity index (χ0n) is 6.50. The lowest BCUT2D eigenvalue weighted by Crippen LogP contribution is -2.05. The van der Waals surface area contributed by atoms with E-state index in [1.54, 1.807) is 18.2 Å². The van der Waals surface area contributed by atoms with E-state index in [-0.39, 0.29) is 11.8 Å². The molecule has 1 unspecified atom stereocenters. The minimum Gasteiger partial charge on any atom is -0.507 e. The second-order valence-corrected chi connectivity index (χ2v) is 3.33. The molecule has 0 radical (unpaired) electrons. The van der Waals surface area contributed by atoms with E-state index in [4.69, 9.17) is 5.73 Å². The van der Waals surface area contributed by atoms with Crippen molar-refractivity contribution in [3.63, 3.8) is 0 Å². The fourth-order valence-electron chi connectivity index (χ4n) is 0.873. The summed E-state index contributed by atoms with van der Waals surface area (Å²) < 4.78 is 0.669. The third-order valence-electron chi connectivity index (χ3n) is 1.61. The Morgan fingerprint density at radius 1 is 1.58 bits per heavy atom. The van der Waals surface area contributed by atoms with Crippen LogP contribution in [0, 0.1) is 0 Å². The van der Waals surface area contributed by atoms with Gasteiger partial charge < -0.3 is 10.8 Å². The number of phenolic OH excluding ortho intramolecular Hbond substituents is 1. The van der Waals surface area contributed by atoms with Crippen molar-refractivity contribution in [1.82, 2.24) is 0 Å². The first-order valence-corrected chi connectivity index (χ1v) is 4.31. The van der Waals surface area contributed by atoms with Crippen LogP contribution in [0.15, 0.2) is 35.3 Å². The molecule has 0 fully saturated rings. The van der Waals surface area contributed by atoms with Crippen molar-refractivity contribution in [3.05, 3.63) is 40.9 Å². The number of aromatic hydroxyl groups is 1. The summed E-state index contributed by atoms with van der Waals surface area (Å²) in [6.45, 7) is 3.57. The van der Waals surface area contributed by atoms with Gasteiger partial charge in [0.25, 0.3) is 0 Å². The monoisotopic (exact) mass is 227 g/mol. The maximum absolute atomic E-state index is 9.31. The Morgan fingerprint density at radius 2 is 2.25 bits per heavy atom. The molecule has 3 N–H and O–H groups in total. The average Bonchev–Trinajstić information content (AvgIpc) is 2.08. The maximum atomic E-state index is 9.31. The van der Waals surface area contributed by atoms with Crippen LogP contribution in [0.2, 0.25) is 0 Å². The molecule has 0 spiro atoms. The molecule has 0 saturated heterocycles. The molecular formula is C9H10BrNO. The molecule has 2 nitrogen and oxygen atoms in total. The number of halogens is 1. The van der Waals surface area contributed by atoms with Crippen molar-refractivity contribution in [2.24, 2.45) is 5.73 Å². The highest BCUT2D eigenvalue weighted by Gasteiger charge is 2.03. The molecule has 12 heavy (non-hydrogen) atoms. The van der Waals surface area contributed by atoms with Gasteiger partial charge in [-0.15, -0.1) is 6.58 Å². The lowest BCUT2D eigenvalue weighted by atomic mass is 10.1. The smallest absolute Gasteiger partial charge is 0.130 e. The quantitative estimate of drug-likeness (QED) is 0.763. The molecule has 0 amide bonds. The molecule has 1 rings (SSSR count). The minimum absolute atomic E-state index is 0.199. The van der Waals surface area contributed by atoms with Crippen LogP contribution in [0.5, 0.6) is 5.75 Å². The Hall–Kier alpha value is -0.800. The highest BCUT2D eigenvalue weighted by molar-refractivity contribution is 9.10. The Kier molecular flexibility index (Phi) is 2.89. The van der Waals surface area contributed by atoms with Crippen LogP contribution < -0.4 is 5.73 Å². The number of nitrogens with two attached hydrogens (primary N) is 1. The Labute approximate surface area is 79.8 Å². The summed E-state index contributed by atoms with van der Waals surface area (Å²) in [6.07, 6.45) is 1.63. The SMILES string of the molecule is C=CC(N)c1ccc(Br)c(O)c1. The van der Waals surface area contributed by atoms with Crippen LogP contribution in [0.3, 0.4) is 0 Å². The highest BCUT2D eigenvalue weighted by atomic mass is 79.9. The largest absolute Gasteiger partial charge is 0.507 e. The minimum atomic E-state index is -0.219. The number of hydrogen-bond donors (Lipinski definition) is 2. The van der Waals surface area contributed by atoms with Crippen molar-refractivity contribution >= 4 is 15.9 Å². The molecule has 0 aliphatic heterocycles. The summed E-state index contributed by atoms with van der Waals surface area (Å²) in [4.78, 5) is 0. The van der Waals surface area contributed by atoms with Crippen LogP contribution in [0.4, 0.5) is 0 Å². The zero-order valence-corrected chi connectivity index (χ0v) is 8.08. The molecule has 1 aromatic rings. The first-order valence-electron chi connectivity index (χ1n) is 3.51. The average molecular weight is 228 g/mol. The van der Waals surface area contributed by atoms with Crippen LogP contribution in [0.1, 0.15) is 11.6 Å². The predicted octanol–water partition coefficient (Wildman–Crippen LogP) is 2.34. The van der Waals surface area contributed by atoms with Crippen LogP contribution in [-0.4, -0.2) is 5.11 Å². The lowest BCUT2D eigenvalue weighted by Gasteiger charge is -2.07. The van der Waals surface area contributed by atoms with Gasteiger partial charge >= 0.3 is 0 Å². The standard InChI is InChI=1S/C9H10BrNO/c1-2-8(11)6-3-4-7(10)9(12)5-6/h2-5,8,12H,1,11H2. The molecule has 0 aliphatic carbocycles. The summed E-state index contributed by atoms with van der Waals surface area (Å²) in [7, 11) is 0. The van der Waals surface area contributed by atoms with Gasteiger partial charge in [-0.05, 0) is 33.6 Å². The van der Waals surface area contributed by atoms with Crippen LogP contribution in [0.25, 0.3) is 0 Å². The van der Waals surface area contributed by atoms with Gasteiger partial charge in [-0.2, -0.15) is 0 Å². The third kappa shape index (κ3) is 1.87. The molecule has 0 saturated carbocycles. The molecule has 3 heteroatoms. The van der Waals surface area contributed by atoms with E-state index in [2.05, 4.69) is 22.5 Å². The van der Waals surface area contributed by atoms with E-state index in [0.717, 1.165) is 5.56 Å². The van der Waals surface area contributed by atoms with E-state index in [0.29, 0.717) is 4.47 Å². The van der Waals surface area contributed by atoms with E-state index in [1.807, 2.05) is 6.07 Å². The van der Waals surface area contributed by atoms with Crippen LogP contribution >= 0.6 is 15.9 Å². The van der Waals surface area contributed by atoms with Crippen LogP contribution in [-0.2, 0) is 0 Å². The predicted molar refractivity (Wildman–Crippen MR) is 52.9 cm³/mol. The van der Waals surface area contributed by atoms with Gasteiger partial charge in [-0.3, -0.25) is 0 Å². The molecule has 0 bridgehead atoms. The van der Waals surface area contributed by atoms with Crippen molar-refractivity contribution in [3.8, 4) is 5.75 Å². The zero-order chi connectivity index (χ0) is 9.14. The third-order valence-corrected chi connectivity index (χ3v) is 2.28. The summed E-state index contributed by atoms with van der Waals surface area (Å²) in [6, 6.07) is 5.00. The van der Waals surface area contributed by atoms with E-state index >= 15 is 0 Å². The maximum Gasteiger partial charge on any atom is 0.130 e. The van der Waals surface area contributed by atoms with Gasteiger partial charge in [-0.1, -0.05) is 12.1 Å². The van der Waals surface area contributed by atoms with Crippen molar-refractivity contribution in [2.45, 2.75) is 6.04 Å².